The molecule has 1 fully saturated rings. The van der Waals surface area contributed by atoms with Crippen molar-refractivity contribution in [3.05, 3.63) is 52.7 Å². The van der Waals surface area contributed by atoms with Gasteiger partial charge in [-0.1, -0.05) is 0 Å². The van der Waals surface area contributed by atoms with E-state index in [1.165, 1.54) is 30.3 Å². The molecule has 220 valence electrons. The molecule has 41 heavy (non-hydrogen) atoms. The van der Waals surface area contributed by atoms with Crippen LogP contribution in [0.25, 0.3) is 22.3 Å². The number of hydrogen-bond acceptors (Lipinski definition) is 13. The Kier molecular flexibility index (Phi) is 8.51. The molecule has 0 amide bonds. The molecular formula is C27H28O14. The summed E-state index contributed by atoms with van der Waals surface area (Å²) in [5, 5.41) is 69.7. The average molecular weight is 577 g/mol. The molecule has 0 bridgehead atoms. The van der Waals surface area contributed by atoms with Gasteiger partial charge in [-0.25, -0.2) is 0 Å². The maximum absolute atomic E-state index is 12.7. The monoisotopic (exact) mass is 576 g/mol. The van der Waals surface area contributed by atoms with Crippen molar-refractivity contribution in [1.29, 1.82) is 0 Å². The molecule has 1 aliphatic rings. The van der Waals surface area contributed by atoms with Crippen molar-refractivity contribution in [2.24, 2.45) is 0 Å². The number of phenolic OH excluding ortho intramolecular Hbond substituents is 2. The highest BCUT2D eigenvalue weighted by Crippen LogP contribution is 2.33. The summed E-state index contributed by atoms with van der Waals surface area (Å²) < 4.78 is 21.8. The Hall–Kier alpha value is -4.21. The third-order valence-corrected chi connectivity index (χ3v) is 6.32. The highest BCUT2D eigenvalue weighted by atomic mass is 16.7. The van der Waals surface area contributed by atoms with E-state index in [0.717, 1.165) is 19.1 Å². The summed E-state index contributed by atoms with van der Waals surface area (Å²) in [5.41, 5.74) is -2.11. The first-order valence-corrected chi connectivity index (χ1v) is 12.3. The zero-order chi connectivity index (χ0) is 30.1. The number of aliphatic carboxylic acids is 1. The number of aliphatic hydroxyl groups excluding tert-OH is 3. The molecule has 14 heteroatoms. The number of aromatic hydroxyl groups is 2. The van der Waals surface area contributed by atoms with Crippen molar-refractivity contribution in [1.82, 2.24) is 0 Å². The van der Waals surface area contributed by atoms with Crippen LogP contribution in [0.2, 0.25) is 0 Å². The fraction of sp³-hybridized carbons (Fsp3) is 0.370. The highest BCUT2D eigenvalue weighted by molar-refractivity contribution is 5.86. The SMILES string of the molecule is CC(O)(CC(=O)O)CC(=O)OCC1OC(Oc2cc(O)c3c(=O)cc(-c4ccc(O)cc4)oc3c2)C(O)C(O)C1O. The van der Waals surface area contributed by atoms with Crippen LogP contribution >= 0.6 is 0 Å². The van der Waals surface area contributed by atoms with Crippen LogP contribution < -0.4 is 10.2 Å². The third kappa shape index (κ3) is 6.93. The number of carboxylic acids is 1. The molecule has 2 aromatic carbocycles. The number of fused-ring (bicyclic) bond motifs is 1. The highest BCUT2D eigenvalue weighted by Gasteiger charge is 2.45. The zero-order valence-electron chi connectivity index (χ0n) is 21.5. The molecule has 7 N–H and O–H groups in total. The van der Waals surface area contributed by atoms with Crippen LogP contribution in [0.1, 0.15) is 19.8 Å². The molecule has 2 heterocycles. The summed E-state index contributed by atoms with van der Waals surface area (Å²) in [6.45, 7) is 0.480. The van der Waals surface area contributed by atoms with Crippen molar-refractivity contribution in [3.8, 4) is 28.6 Å². The molecule has 0 spiro atoms. The van der Waals surface area contributed by atoms with E-state index in [1.54, 1.807) is 0 Å². The van der Waals surface area contributed by atoms with Gasteiger partial charge in [0.1, 0.15) is 65.0 Å². The van der Waals surface area contributed by atoms with Gasteiger partial charge < -0.3 is 54.4 Å². The fourth-order valence-corrected chi connectivity index (χ4v) is 4.29. The molecule has 0 radical (unpaired) electrons. The summed E-state index contributed by atoms with van der Waals surface area (Å²) in [7, 11) is 0. The number of rotatable bonds is 9. The normalized spacial score (nSPS) is 24.0. The van der Waals surface area contributed by atoms with Gasteiger partial charge in [0, 0.05) is 23.8 Å². The van der Waals surface area contributed by atoms with Crippen molar-refractivity contribution >= 4 is 22.9 Å². The fourth-order valence-electron chi connectivity index (χ4n) is 4.29. The number of carbonyl (C=O) groups is 2. The molecule has 0 aliphatic carbocycles. The predicted octanol–water partition coefficient (Wildman–Crippen LogP) is 0.217. The first-order chi connectivity index (χ1) is 19.2. The van der Waals surface area contributed by atoms with Crippen LogP contribution in [-0.2, 0) is 19.1 Å². The smallest absolute Gasteiger partial charge is 0.308 e. The average Bonchev–Trinajstić information content (AvgIpc) is 2.87. The van der Waals surface area contributed by atoms with Gasteiger partial charge >= 0.3 is 11.9 Å². The summed E-state index contributed by atoms with van der Waals surface area (Å²) in [5.74, 6) is -2.90. The van der Waals surface area contributed by atoms with Gasteiger partial charge in [0.15, 0.2) is 5.43 Å². The van der Waals surface area contributed by atoms with Crippen LogP contribution in [0.4, 0.5) is 0 Å². The predicted molar refractivity (Wildman–Crippen MR) is 137 cm³/mol. The lowest BCUT2D eigenvalue weighted by molar-refractivity contribution is -0.278. The number of ether oxygens (including phenoxy) is 3. The second kappa shape index (κ2) is 11.7. The molecule has 1 aromatic heterocycles. The minimum atomic E-state index is -1.90. The van der Waals surface area contributed by atoms with Gasteiger partial charge in [0.2, 0.25) is 6.29 Å². The Morgan fingerprint density at radius 1 is 0.976 bits per heavy atom. The van der Waals surface area contributed by atoms with Crippen LogP contribution in [0.5, 0.6) is 17.2 Å². The lowest BCUT2D eigenvalue weighted by Gasteiger charge is -2.40. The van der Waals surface area contributed by atoms with E-state index >= 15 is 0 Å². The van der Waals surface area contributed by atoms with E-state index in [-0.39, 0.29) is 28.2 Å². The maximum Gasteiger partial charge on any atom is 0.308 e. The second-order valence-corrected chi connectivity index (χ2v) is 9.90. The molecule has 6 unspecified atom stereocenters. The minimum Gasteiger partial charge on any atom is -0.508 e. The standard InChI is InChI=1S/C27H28O14/c1-27(37,9-20(31)32)10-21(33)38-11-19-23(34)24(35)25(36)26(41-19)39-14-6-15(29)22-16(30)8-17(40-18(22)7-14)12-2-4-13(28)5-3-12/h2-8,19,23-26,28-29,34-37H,9-11H2,1H3,(H,31,32). The summed E-state index contributed by atoms with van der Waals surface area (Å²) in [6.07, 6.45) is -9.83. The Morgan fingerprint density at radius 3 is 2.32 bits per heavy atom. The van der Waals surface area contributed by atoms with E-state index in [2.05, 4.69) is 0 Å². The Labute approximate surface area is 231 Å². The van der Waals surface area contributed by atoms with Crippen molar-refractivity contribution in [3.63, 3.8) is 0 Å². The molecule has 4 rings (SSSR count). The second-order valence-electron chi connectivity index (χ2n) is 9.90. The Bertz CT molecular complexity index is 1480. The van der Waals surface area contributed by atoms with Crippen LogP contribution in [0.3, 0.4) is 0 Å². The lowest BCUT2D eigenvalue weighted by atomic mass is 9.98. The van der Waals surface area contributed by atoms with Crippen molar-refractivity contribution in [2.45, 2.75) is 56.1 Å². The summed E-state index contributed by atoms with van der Waals surface area (Å²) in [6, 6.07) is 9.25. The van der Waals surface area contributed by atoms with Gasteiger partial charge in [0.05, 0.1) is 18.4 Å². The Balaban J connectivity index is 1.52. The van der Waals surface area contributed by atoms with Crippen LogP contribution in [-0.4, -0.2) is 90.6 Å². The van der Waals surface area contributed by atoms with E-state index in [4.69, 9.17) is 23.7 Å². The number of benzene rings is 2. The van der Waals surface area contributed by atoms with Crippen molar-refractivity contribution in [2.75, 3.05) is 6.61 Å². The summed E-state index contributed by atoms with van der Waals surface area (Å²) >= 11 is 0. The van der Waals surface area contributed by atoms with Gasteiger partial charge in [-0.2, -0.15) is 0 Å². The molecule has 1 aliphatic heterocycles. The topological polar surface area (TPSA) is 234 Å². The quantitative estimate of drug-likeness (QED) is 0.169. The molecule has 1 saturated heterocycles. The van der Waals surface area contributed by atoms with Gasteiger partial charge in [0.25, 0.3) is 0 Å². The molecule has 6 atom stereocenters. The number of aliphatic hydroxyl groups is 4. The van der Waals surface area contributed by atoms with Crippen LogP contribution in [0.15, 0.2) is 51.7 Å². The Morgan fingerprint density at radius 2 is 1.66 bits per heavy atom. The number of phenols is 2. The first kappa shape index (κ1) is 29.8. The maximum atomic E-state index is 12.7. The minimum absolute atomic E-state index is 0.00157. The van der Waals surface area contributed by atoms with Crippen LogP contribution in [0, 0.1) is 0 Å². The lowest BCUT2D eigenvalue weighted by Crippen LogP contribution is -2.60. The van der Waals surface area contributed by atoms with E-state index in [1.807, 2.05) is 0 Å². The van der Waals surface area contributed by atoms with E-state index in [0.29, 0.717) is 5.56 Å². The molecule has 3 aromatic rings. The largest absolute Gasteiger partial charge is 0.508 e. The van der Waals surface area contributed by atoms with Gasteiger partial charge in [-0.05, 0) is 31.2 Å². The summed E-state index contributed by atoms with van der Waals surface area (Å²) in [4.78, 5) is 35.6. The zero-order valence-corrected chi connectivity index (χ0v) is 21.5. The van der Waals surface area contributed by atoms with Gasteiger partial charge in [-0.3, -0.25) is 14.4 Å². The molecule has 14 nitrogen and oxygen atoms in total. The third-order valence-electron chi connectivity index (χ3n) is 6.32. The number of hydrogen-bond donors (Lipinski definition) is 7. The molecule has 0 saturated carbocycles. The van der Waals surface area contributed by atoms with E-state index in [9.17, 15) is 45.0 Å². The van der Waals surface area contributed by atoms with E-state index < -0.39 is 78.9 Å². The number of carbonyl (C=O) groups excluding carboxylic acids is 1. The van der Waals surface area contributed by atoms with Gasteiger partial charge in [-0.15, -0.1) is 0 Å². The molecular weight excluding hydrogens is 548 g/mol. The number of esters is 1. The number of carboxylic acid groups (broad SMARTS) is 1. The first-order valence-electron chi connectivity index (χ1n) is 12.3. The van der Waals surface area contributed by atoms with Crippen molar-refractivity contribution < 1.29 is 64.0 Å².